The summed E-state index contributed by atoms with van der Waals surface area (Å²) in [7, 11) is 0. The van der Waals surface area contributed by atoms with Crippen LogP contribution in [0.2, 0.25) is 0 Å². The maximum atomic E-state index is 12.6. The van der Waals surface area contributed by atoms with Gasteiger partial charge in [0.1, 0.15) is 0 Å². The molecule has 3 rings (SSSR count). The molecule has 4 nitrogen and oxygen atoms in total. The van der Waals surface area contributed by atoms with E-state index in [9.17, 15) is 9.59 Å². The van der Waals surface area contributed by atoms with Gasteiger partial charge in [-0.2, -0.15) is 0 Å². The molecule has 2 aromatic rings. The first-order valence-electron chi connectivity index (χ1n) is 10.2. The Morgan fingerprint density at radius 1 is 1.00 bits per heavy atom. The van der Waals surface area contributed by atoms with Crippen LogP contribution in [0.25, 0.3) is 0 Å². The molecule has 1 aliphatic rings. The predicted octanol–water partition coefficient (Wildman–Crippen LogP) is 4.50. The molecule has 0 radical (unpaired) electrons. The van der Waals surface area contributed by atoms with Gasteiger partial charge in [0.05, 0.1) is 6.04 Å². The van der Waals surface area contributed by atoms with Gasteiger partial charge >= 0.3 is 0 Å². The van der Waals surface area contributed by atoms with Crippen LogP contribution in [0.15, 0.2) is 48.5 Å². The van der Waals surface area contributed by atoms with Crippen LogP contribution in [-0.4, -0.2) is 23.3 Å². The molecule has 1 heterocycles. The number of nitrogens with one attached hydrogen (secondary N) is 1. The Bertz CT molecular complexity index is 810. The number of rotatable bonds is 7. The number of benzene rings is 2. The molecule has 1 fully saturated rings. The van der Waals surface area contributed by atoms with Crippen molar-refractivity contribution in [2.75, 3.05) is 6.54 Å². The standard InChI is InChI=1S/C24H30N2O2/c1-17(2)15-19-6-10-21(11-7-19)18(3)25-24(28)22-12-8-20(9-13-22)16-26-14-4-5-23(26)27/h6-13,17-18H,4-5,14-16H2,1-3H3,(H,25,28). The smallest absolute Gasteiger partial charge is 0.251 e. The largest absolute Gasteiger partial charge is 0.346 e. The van der Waals surface area contributed by atoms with E-state index < -0.39 is 0 Å². The van der Waals surface area contributed by atoms with Crippen LogP contribution in [0.5, 0.6) is 0 Å². The van der Waals surface area contributed by atoms with Gasteiger partial charge in [-0.15, -0.1) is 0 Å². The zero-order chi connectivity index (χ0) is 20.1. The van der Waals surface area contributed by atoms with Crippen molar-refractivity contribution in [1.82, 2.24) is 10.2 Å². The highest BCUT2D eigenvalue weighted by Gasteiger charge is 2.20. The third-order valence-corrected chi connectivity index (χ3v) is 5.23. The minimum Gasteiger partial charge on any atom is -0.346 e. The SMILES string of the molecule is CC(C)Cc1ccc(C(C)NC(=O)c2ccc(CN3CCCC3=O)cc2)cc1. The Kier molecular flexibility index (Phi) is 6.50. The summed E-state index contributed by atoms with van der Waals surface area (Å²) in [4.78, 5) is 26.2. The lowest BCUT2D eigenvalue weighted by Gasteiger charge is -2.17. The third kappa shape index (κ3) is 5.22. The van der Waals surface area contributed by atoms with E-state index in [0.29, 0.717) is 24.4 Å². The summed E-state index contributed by atoms with van der Waals surface area (Å²) in [6, 6.07) is 16.0. The van der Waals surface area contributed by atoms with Crippen molar-refractivity contribution in [3.05, 3.63) is 70.8 Å². The van der Waals surface area contributed by atoms with Crippen molar-refractivity contribution >= 4 is 11.8 Å². The molecule has 1 atom stereocenters. The van der Waals surface area contributed by atoms with E-state index in [0.717, 1.165) is 30.5 Å². The summed E-state index contributed by atoms with van der Waals surface area (Å²) < 4.78 is 0. The number of hydrogen-bond donors (Lipinski definition) is 1. The molecule has 0 aliphatic carbocycles. The van der Waals surface area contributed by atoms with Crippen molar-refractivity contribution in [3.8, 4) is 0 Å². The first kappa shape index (κ1) is 20.1. The van der Waals surface area contributed by atoms with E-state index in [-0.39, 0.29) is 17.9 Å². The third-order valence-electron chi connectivity index (χ3n) is 5.23. The highest BCUT2D eigenvalue weighted by molar-refractivity contribution is 5.94. The van der Waals surface area contributed by atoms with E-state index in [4.69, 9.17) is 0 Å². The molecule has 4 heteroatoms. The summed E-state index contributed by atoms with van der Waals surface area (Å²) in [6.07, 6.45) is 2.66. The maximum absolute atomic E-state index is 12.6. The average molecular weight is 379 g/mol. The second-order valence-electron chi connectivity index (χ2n) is 8.15. The van der Waals surface area contributed by atoms with Gasteiger partial charge < -0.3 is 10.2 Å². The van der Waals surface area contributed by atoms with Crippen molar-refractivity contribution in [1.29, 1.82) is 0 Å². The lowest BCUT2D eigenvalue weighted by molar-refractivity contribution is -0.128. The molecule has 0 bridgehead atoms. The van der Waals surface area contributed by atoms with Gasteiger partial charge in [-0.25, -0.2) is 0 Å². The van der Waals surface area contributed by atoms with Crippen LogP contribution in [0.3, 0.4) is 0 Å². The van der Waals surface area contributed by atoms with Crippen LogP contribution in [0, 0.1) is 5.92 Å². The Morgan fingerprint density at radius 3 is 2.21 bits per heavy atom. The molecular formula is C24H30N2O2. The topological polar surface area (TPSA) is 49.4 Å². The van der Waals surface area contributed by atoms with E-state index in [1.165, 1.54) is 5.56 Å². The van der Waals surface area contributed by atoms with Crippen LogP contribution in [-0.2, 0) is 17.8 Å². The Hall–Kier alpha value is -2.62. The molecule has 1 unspecified atom stereocenters. The van der Waals surface area contributed by atoms with Gasteiger partial charge in [0.15, 0.2) is 0 Å². The fraction of sp³-hybridized carbons (Fsp3) is 0.417. The number of carbonyl (C=O) groups is 2. The molecule has 28 heavy (non-hydrogen) atoms. The molecule has 0 spiro atoms. The monoisotopic (exact) mass is 378 g/mol. The Morgan fingerprint density at radius 2 is 1.64 bits per heavy atom. The van der Waals surface area contributed by atoms with Crippen molar-refractivity contribution in [2.45, 2.75) is 52.6 Å². The fourth-order valence-corrected chi connectivity index (χ4v) is 3.63. The maximum Gasteiger partial charge on any atom is 0.251 e. The minimum atomic E-state index is -0.0810. The van der Waals surface area contributed by atoms with Crippen molar-refractivity contribution < 1.29 is 9.59 Å². The summed E-state index contributed by atoms with van der Waals surface area (Å²) >= 11 is 0. The molecule has 1 N–H and O–H groups in total. The summed E-state index contributed by atoms with van der Waals surface area (Å²) in [5.41, 5.74) is 4.12. The molecule has 2 aromatic carbocycles. The molecule has 2 amide bonds. The van der Waals surface area contributed by atoms with E-state index in [1.54, 1.807) is 0 Å². The summed E-state index contributed by atoms with van der Waals surface area (Å²) in [6.45, 7) is 7.88. The normalized spacial score (nSPS) is 15.1. The van der Waals surface area contributed by atoms with Crippen LogP contribution in [0.4, 0.5) is 0 Å². The van der Waals surface area contributed by atoms with Gasteiger partial charge in [0.2, 0.25) is 5.91 Å². The number of carbonyl (C=O) groups excluding carboxylic acids is 2. The number of nitrogens with zero attached hydrogens (tertiary/aromatic N) is 1. The first-order valence-corrected chi connectivity index (χ1v) is 10.2. The quantitative estimate of drug-likeness (QED) is 0.771. The predicted molar refractivity (Wildman–Crippen MR) is 112 cm³/mol. The lowest BCUT2D eigenvalue weighted by Crippen LogP contribution is -2.27. The molecule has 1 saturated heterocycles. The summed E-state index contributed by atoms with van der Waals surface area (Å²) in [5, 5.41) is 3.07. The van der Waals surface area contributed by atoms with E-state index in [2.05, 4.69) is 43.4 Å². The highest BCUT2D eigenvalue weighted by Crippen LogP contribution is 2.17. The zero-order valence-electron chi connectivity index (χ0n) is 17.1. The molecule has 0 aromatic heterocycles. The Balaban J connectivity index is 1.57. The minimum absolute atomic E-state index is 0.0532. The lowest BCUT2D eigenvalue weighted by atomic mass is 10.00. The second kappa shape index (κ2) is 9.05. The second-order valence-corrected chi connectivity index (χ2v) is 8.15. The Labute approximate surface area is 167 Å². The van der Waals surface area contributed by atoms with E-state index in [1.807, 2.05) is 36.1 Å². The molecule has 148 valence electrons. The number of likely N-dealkylation sites (tertiary alicyclic amines) is 1. The average Bonchev–Trinajstić information content (AvgIpc) is 3.07. The van der Waals surface area contributed by atoms with E-state index >= 15 is 0 Å². The van der Waals surface area contributed by atoms with Gasteiger partial charge in [-0.05, 0) is 54.5 Å². The highest BCUT2D eigenvalue weighted by atomic mass is 16.2. The molecule has 0 saturated carbocycles. The van der Waals surface area contributed by atoms with Gasteiger partial charge in [-0.1, -0.05) is 50.2 Å². The molecule has 1 aliphatic heterocycles. The van der Waals surface area contributed by atoms with Crippen molar-refractivity contribution in [3.63, 3.8) is 0 Å². The van der Waals surface area contributed by atoms with Gasteiger partial charge in [0.25, 0.3) is 5.91 Å². The summed E-state index contributed by atoms with van der Waals surface area (Å²) in [5.74, 6) is 0.771. The molecular weight excluding hydrogens is 348 g/mol. The fourth-order valence-electron chi connectivity index (χ4n) is 3.63. The number of amides is 2. The zero-order valence-corrected chi connectivity index (χ0v) is 17.1. The van der Waals surface area contributed by atoms with Gasteiger partial charge in [0, 0.05) is 25.1 Å². The van der Waals surface area contributed by atoms with Crippen LogP contribution < -0.4 is 5.32 Å². The van der Waals surface area contributed by atoms with Crippen LogP contribution in [0.1, 0.15) is 66.7 Å². The van der Waals surface area contributed by atoms with Gasteiger partial charge in [-0.3, -0.25) is 9.59 Å². The van der Waals surface area contributed by atoms with Crippen molar-refractivity contribution in [2.24, 2.45) is 5.92 Å². The first-order chi connectivity index (χ1) is 13.4. The number of hydrogen-bond acceptors (Lipinski definition) is 2. The van der Waals surface area contributed by atoms with Crippen LogP contribution >= 0.6 is 0 Å².